The fourth-order valence-electron chi connectivity index (χ4n) is 3.93. The van der Waals surface area contributed by atoms with Crippen LogP contribution in [0.4, 0.5) is 17.6 Å². The molecule has 0 spiro atoms. The van der Waals surface area contributed by atoms with Crippen molar-refractivity contribution in [1.29, 1.82) is 0 Å². The summed E-state index contributed by atoms with van der Waals surface area (Å²) in [4.78, 5) is 14.4. The summed E-state index contributed by atoms with van der Waals surface area (Å²) < 4.78 is 0. The smallest absolute Gasteiger partial charge is 0.232 e. The summed E-state index contributed by atoms with van der Waals surface area (Å²) in [5.74, 6) is 3.33. The van der Waals surface area contributed by atoms with E-state index in [-0.39, 0.29) is 0 Å². The number of thiocarbonyl (C=S) groups is 1. The van der Waals surface area contributed by atoms with Crippen LogP contribution >= 0.6 is 12.2 Å². The quantitative estimate of drug-likeness (QED) is 0.781. The van der Waals surface area contributed by atoms with Crippen molar-refractivity contribution in [3.05, 3.63) is 6.07 Å². The van der Waals surface area contributed by atoms with E-state index >= 15 is 0 Å². The van der Waals surface area contributed by atoms with Crippen LogP contribution in [0, 0.1) is 5.92 Å². The lowest BCUT2D eigenvalue weighted by molar-refractivity contribution is 0.444. The van der Waals surface area contributed by atoms with Gasteiger partial charge >= 0.3 is 0 Å². The van der Waals surface area contributed by atoms with Gasteiger partial charge in [0.05, 0.1) is 0 Å². The molecule has 2 N–H and O–H groups in total. The van der Waals surface area contributed by atoms with Crippen LogP contribution in [0.3, 0.4) is 0 Å². The van der Waals surface area contributed by atoms with Gasteiger partial charge in [0, 0.05) is 38.3 Å². The van der Waals surface area contributed by atoms with Gasteiger partial charge in [-0.2, -0.15) is 9.97 Å². The zero-order valence-corrected chi connectivity index (χ0v) is 17.1. The number of anilines is 3. The Hall–Kier alpha value is -1.63. The minimum absolute atomic E-state index is 0.514. The second kappa shape index (κ2) is 8.84. The van der Waals surface area contributed by atoms with Crippen molar-refractivity contribution in [3.8, 4) is 0 Å². The number of hydrogen-bond donors (Lipinski definition) is 2. The monoisotopic (exact) mass is 376 g/mol. The van der Waals surface area contributed by atoms with Gasteiger partial charge in [0.1, 0.15) is 11.6 Å². The molecule has 3 rings (SSSR count). The molecule has 0 amide bonds. The third-order valence-corrected chi connectivity index (χ3v) is 5.59. The summed E-state index contributed by atoms with van der Waals surface area (Å²) in [5, 5.41) is 6.87. The number of rotatable bonds is 4. The molecule has 144 valence electrons. The maximum absolute atomic E-state index is 5.35. The van der Waals surface area contributed by atoms with Crippen molar-refractivity contribution >= 4 is 34.9 Å². The van der Waals surface area contributed by atoms with Crippen LogP contribution in [0.5, 0.6) is 0 Å². The topological polar surface area (TPSA) is 56.3 Å². The summed E-state index contributed by atoms with van der Waals surface area (Å²) in [7, 11) is 0. The molecule has 0 saturated carbocycles. The van der Waals surface area contributed by atoms with Crippen LogP contribution in [0.2, 0.25) is 0 Å². The molecule has 0 unspecified atom stereocenters. The van der Waals surface area contributed by atoms with Crippen LogP contribution in [0.15, 0.2) is 6.07 Å². The second-order valence-electron chi connectivity index (χ2n) is 7.62. The highest BCUT2D eigenvalue weighted by atomic mass is 32.1. The van der Waals surface area contributed by atoms with Crippen molar-refractivity contribution in [2.75, 3.05) is 41.3 Å². The molecule has 1 aromatic rings. The molecule has 2 fully saturated rings. The molecule has 0 radical (unpaired) electrons. The Kier molecular flexibility index (Phi) is 6.51. The summed E-state index contributed by atoms with van der Waals surface area (Å²) in [5.41, 5.74) is 0. The van der Waals surface area contributed by atoms with Crippen LogP contribution < -0.4 is 20.4 Å². The Morgan fingerprint density at radius 3 is 2.69 bits per heavy atom. The van der Waals surface area contributed by atoms with Gasteiger partial charge in [-0.1, -0.05) is 6.92 Å². The lowest BCUT2D eigenvalue weighted by Crippen LogP contribution is -2.39. The Bertz CT molecular complexity index is 622. The average molecular weight is 377 g/mol. The minimum Gasteiger partial charge on any atom is -0.363 e. The molecule has 3 heterocycles. The second-order valence-corrected chi connectivity index (χ2v) is 8.03. The minimum atomic E-state index is 0.514. The molecule has 2 saturated heterocycles. The lowest BCUT2D eigenvalue weighted by atomic mass is 10.0. The van der Waals surface area contributed by atoms with E-state index in [1.807, 2.05) is 6.92 Å². The molecule has 7 heteroatoms. The Labute approximate surface area is 162 Å². The van der Waals surface area contributed by atoms with Gasteiger partial charge in [-0.05, 0) is 64.1 Å². The Balaban J connectivity index is 1.89. The highest BCUT2D eigenvalue weighted by Crippen LogP contribution is 2.29. The molecule has 26 heavy (non-hydrogen) atoms. The van der Waals surface area contributed by atoms with Gasteiger partial charge in [-0.25, -0.2) is 0 Å². The Morgan fingerprint density at radius 2 is 1.96 bits per heavy atom. The van der Waals surface area contributed by atoms with E-state index in [0.29, 0.717) is 23.0 Å². The first kappa shape index (κ1) is 19.1. The van der Waals surface area contributed by atoms with Gasteiger partial charge in [-0.15, -0.1) is 0 Å². The van der Waals surface area contributed by atoms with E-state index in [9.17, 15) is 0 Å². The molecule has 0 aromatic carbocycles. The van der Waals surface area contributed by atoms with E-state index in [4.69, 9.17) is 22.2 Å². The fraction of sp³-hybridized carbons (Fsp3) is 0.737. The first-order chi connectivity index (χ1) is 12.6. The largest absolute Gasteiger partial charge is 0.363 e. The predicted octanol–water partition coefficient (Wildman–Crippen LogP) is 3.40. The molecular weight excluding hydrogens is 344 g/mol. The molecule has 2 aliphatic heterocycles. The van der Waals surface area contributed by atoms with Crippen LogP contribution in [0.1, 0.15) is 52.9 Å². The van der Waals surface area contributed by atoms with Gasteiger partial charge in [0.15, 0.2) is 5.11 Å². The number of piperidine rings is 2. The number of nitrogens with one attached hydrogen (secondary N) is 2. The molecule has 2 atom stereocenters. The number of aromatic nitrogens is 2. The van der Waals surface area contributed by atoms with Crippen molar-refractivity contribution in [2.24, 2.45) is 5.92 Å². The fourth-order valence-corrected chi connectivity index (χ4v) is 4.16. The molecule has 2 aliphatic rings. The van der Waals surface area contributed by atoms with Gasteiger partial charge in [0.25, 0.3) is 0 Å². The van der Waals surface area contributed by atoms with Gasteiger partial charge < -0.3 is 20.4 Å². The number of nitrogens with zero attached hydrogens (tertiary/aromatic N) is 4. The Morgan fingerprint density at radius 1 is 1.15 bits per heavy atom. The summed E-state index contributed by atoms with van der Waals surface area (Å²) in [6.07, 6.45) is 6.27. The van der Waals surface area contributed by atoms with Gasteiger partial charge in [0.2, 0.25) is 5.95 Å². The van der Waals surface area contributed by atoms with Gasteiger partial charge in [-0.3, -0.25) is 0 Å². The van der Waals surface area contributed by atoms with E-state index in [2.05, 4.69) is 40.3 Å². The zero-order chi connectivity index (χ0) is 18.5. The molecule has 6 nitrogen and oxygen atoms in total. The van der Waals surface area contributed by atoms with Crippen LogP contribution in [-0.4, -0.2) is 47.3 Å². The van der Waals surface area contributed by atoms with Crippen LogP contribution in [0.25, 0.3) is 0 Å². The molecule has 0 bridgehead atoms. The highest BCUT2D eigenvalue weighted by Gasteiger charge is 2.24. The molecular formula is C19H32N6S. The third kappa shape index (κ3) is 4.75. The average Bonchev–Trinajstić information content (AvgIpc) is 2.62. The van der Waals surface area contributed by atoms with Crippen molar-refractivity contribution in [1.82, 2.24) is 15.3 Å². The van der Waals surface area contributed by atoms with Crippen molar-refractivity contribution < 1.29 is 0 Å². The first-order valence-electron chi connectivity index (χ1n) is 10.0. The summed E-state index contributed by atoms with van der Waals surface area (Å²) in [6.45, 7) is 10.6. The van der Waals surface area contributed by atoms with Crippen LogP contribution in [-0.2, 0) is 0 Å². The standard InChI is InChI=1S/C19H32N6S/c1-4-20-19(26)23-18-21-16(24-10-7-8-14(2)13-24)12-17(22-18)25-11-6-5-9-15(25)3/h12,14-15H,4-11,13H2,1-3H3,(H2,20,21,22,23,26)/t14-,15-/m0/s1. The van der Waals surface area contributed by atoms with Crippen molar-refractivity contribution in [2.45, 2.75) is 58.9 Å². The SMILES string of the molecule is CCNC(=S)Nc1nc(N2CCC[C@H](C)C2)cc(N2CCCC[C@@H]2C)n1. The van der Waals surface area contributed by atoms with Crippen molar-refractivity contribution in [3.63, 3.8) is 0 Å². The zero-order valence-electron chi connectivity index (χ0n) is 16.3. The summed E-state index contributed by atoms with van der Waals surface area (Å²) >= 11 is 5.35. The third-order valence-electron chi connectivity index (χ3n) is 5.34. The summed E-state index contributed by atoms with van der Waals surface area (Å²) in [6, 6.07) is 2.68. The normalized spacial score (nSPS) is 23.7. The van der Waals surface area contributed by atoms with E-state index < -0.39 is 0 Å². The maximum atomic E-state index is 5.35. The number of hydrogen-bond acceptors (Lipinski definition) is 5. The predicted molar refractivity (Wildman–Crippen MR) is 113 cm³/mol. The maximum Gasteiger partial charge on any atom is 0.232 e. The lowest BCUT2D eigenvalue weighted by Gasteiger charge is -2.36. The van der Waals surface area contributed by atoms with E-state index in [0.717, 1.165) is 37.8 Å². The van der Waals surface area contributed by atoms with E-state index in [1.165, 1.54) is 32.1 Å². The first-order valence-corrected chi connectivity index (χ1v) is 10.4. The highest BCUT2D eigenvalue weighted by molar-refractivity contribution is 7.80. The molecule has 0 aliphatic carbocycles. The molecule has 1 aromatic heterocycles. The van der Waals surface area contributed by atoms with E-state index in [1.54, 1.807) is 0 Å².